The fourth-order valence-corrected chi connectivity index (χ4v) is 3.64. The monoisotopic (exact) mass is 425 g/mol. The summed E-state index contributed by atoms with van der Waals surface area (Å²) in [7, 11) is 0. The Balaban J connectivity index is 1.79. The Morgan fingerprint density at radius 2 is 1.77 bits per heavy atom. The van der Waals surface area contributed by atoms with E-state index in [2.05, 4.69) is 25.5 Å². The molecule has 31 heavy (non-hydrogen) atoms. The Labute approximate surface area is 182 Å². The summed E-state index contributed by atoms with van der Waals surface area (Å²) in [6.07, 6.45) is 5.58. The predicted molar refractivity (Wildman–Crippen MR) is 122 cm³/mol. The fourth-order valence-electron chi connectivity index (χ4n) is 3.64. The minimum absolute atomic E-state index is 0.158. The number of primary amides is 2. The molecule has 1 aliphatic rings. The number of carbonyl (C=O) groups is 2. The smallest absolute Gasteiger partial charge is 0.254 e. The first kappa shape index (κ1) is 22.3. The standard InChI is InChI=1S/C22H31N7O2/c1-14(2)12-18(20(24)31)27-22-25-13-17(19(23)30)21(28-22)26-15-6-8-16(9-7-15)29-10-4-3-5-11-29/h6-9,13-14,18H,3-5,10-12H2,1-2H3,(H2,23,30)(H2,24,31)(H2,25,26,27,28)/t18-/m1/s1. The first-order valence-corrected chi connectivity index (χ1v) is 10.7. The molecule has 166 valence electrons. The van der Waals surface area contributed by atoms with Crippen LogP contribution in [0.1, 0.15) is 49.9 Å². The molecule has 2 aromatic rings. The molecule has 0 aliphatic carbocycles. The largest absolute Gasteiger partial charge is 0.372 e. The number of benzene rings is 1. The summed E-state index contributed by atoms with van der Waals surface area (Å²) in [4.78, 5) is 34.5. The number of carbonyl (C=O) groups excluding carboxylic acids is 2. The van der Waals surface area contributed by atoms with Gasteiger partial charge in [0.15, 0.2) is 0 Å². The van der Waals surface area contributed by atoms with Gasteiger partial charge < -0.3 is 27.0 Å². The number of hydrogen-bond acceptors (Lipinski definition) is 7. The minimum Gasteiger partial charge on any atom is -0.372 e. The third-order valence-electron chi connectivity index (χ3n) is 5.26. The van der Waals surface area contributed by atoms with Crippen molar-refractivity contribution >= 4 is 35.0 Å². The Morgan fingerprint density at radius 1 is 1.10 bits per heavy atom. The first-order valence-electron chi connectivity index (χ1n) is 10.7. The van der Waals surface area contributed by atoms with Crippen LogP contribution in [0.2, 0.25) is 0 Å². The molecule has 1 aromatic heterocycles. The molecule has 1 saturated heterocycles. The van der Waals surface area contributed by atoms with E-state index in [0.29, 0.717) is 6.42 Å². The summed E-state index contributed by atoms with van der Waals surface area (Å²) < 4.78 is 0. The van der Waals surface area contributed by atoms with Gasteiger partial charge in [0, 0.05) is 30.7 Å². The summed E-state index contributed by atoms with van der Waals surface area (Å²) in [5.74, 6) is -0.414. The molecular formula is C22H31N7O2. The predicted octanol–water partition coefficient (Wildman–Crippen LogP) is 2.62. The minimum atomic E-state index is -0.646. The SMILES string of the molecule is CC(C)C[C@@H](Nc1ncc(C(N)=O)c(Nc2ccc(N3CCCCC3)cc2)n1)C(N)=O. The summed E-state index contributed by atoms with van der Waals surface area (Å²) in [5, 5.41) is 6.10. The van der Waals surface area contributed by atoms with E-state index in [0.717, 1.165) is 18.8 Å². The number of nitrogens with one attached hydrogen (secondary N) is 2. The topological polar surface area (TPSA) is 139 Å². The highest BCUT2D eigenvalue weighted by Crippen LogP contribution is 2.25. The van der Waals surface area contributed by atoms with Gasteiger partial charge in [0.05, 0.1) is 0 Å². The molecule has 0 spiro atoms. The Bertz CT molecular complexity index is 909. The van der Waals surface area contributed by atoms with Crippen LogP contribution in [0.15, 0.2) is 30.5 Å². The highest BCUT2D eigenvalue weighted by Gasteiger charge is 2.20. The molecule has 6 N–H and O–H groups in total. The van der Waals surface area contributed by atoms with Crippen LogP contribution >= 0.6 is 0 Å². The lowest BCUT2D eigenvalue weighted by molar-refractivity contribution is -0.119. The normalized spacial score (nSPS) is 14.9. The molecule has 1 atom stereocenters. The van der Waals surface area contributed by atoms with Crippen LogP contribution in [0.25, 0.3) is 0 Å². The molecule has 3 rings (SSSR count). The van der Waals surface area contributed by atoms with E-state index in [9.17, 15) is 9.59 Å². The quantitative estimate of drug-likeness (QED) is 0.484. The number of aromatic nitrogens is 2. The Hall–Kier alpha value is -3.36. The highest BCUT2D eigenvalue weighted by atomic mass is 16.1. The second-order valence-electron chi connectivity index (χ2n) is 8.27. The molecule has 0 saturated carbocycles. The van der Waals surface area contributed by atoms with Crippen LogP contribution in [-0.2, 0) is 4.79 Å². The van der Waals surface area contributed by atoms with E-state index in [1.807, 2.05) is 38.1 Å². The van der Waals surface area contributed by atoms with Crippen molar-refractivity contribution in [3.63, 3.8) is 0 Å². The molecule has 1 aromatic carbocycles. The van der Waals surface area contributed by atoms with Gasteiger partial charge in [0.1, 0.15) is 17.4 Å². The van der Waals surface area contributed by atoms with E-state index in [-0.39, 0.29) is 23.2 Å². The van der Waals surface area contributed by atoms with Crippen molar-refractivity contribution in [1.29, 1.82) is 0 Å². The molecule has 9 nitrogen and oxygen atoms in total. The number of nitrogens with zero attached hydrogens (tertiary/aromatic N) is 3. The van der Waals surface area contributed by atoms with Gasteiger partial charge in [-0.2, -0.15) is 4.98 Å². The molecule has 0 unspecified atom stereocenters. The van der Waals surface area contributed by atoms with E-state index in [4.69, 9.17) is 11.5 Å². The van der Waals surface area contributed by atoms with Crippen molar-refractivity contribution in [2.75, 3.05) is 28.6 Å². The second-order valence-corrected chi connectivity index (χ2v) is 8.27. The second kappa shape index (κ2) is 10.1. The van der Waals surface area contributed by atoms with Gasteiger partial charge in [0.25, 0.3) is 5.91 Å². The number of anilines is 4. The van der Waals surface area contributed by atoms with Crippen LogP contribution in [0.3, 0.4) is 0 Å². The molecule has 1 aliphatic heterocycles. The third-order valence-corrected chi connectivity index (χ3v) is 5.26. The van der Waals surface area contributed by atoms with E-state index < -0.39 is 17.9 Å². The molecule has 2 amide bonds. The molecule has 1 fully saturated rings. The number of hydrogen-bond donors (Lipinski definition) is 4. The van der Waals surface area contributed by atoms with Crippen molar-refractivity contribution in [1.82, 2.24) is 9.97 Å². The van der Waals surface area contributed by atoms with E-state index >= 15 is 0 Å². The average molecular weight is 426 g/mol. The molecule has 0 bridgehead atoms. The van der Waals surface area contributed by atoms with E-state index in [1.54, 1.807) is 0 Å². The zero-order valence-corrected chi connectivity index (χ0v) is 18.1. The lowest BCUT2D eigenvalue weighted by Crippen LogP contribution is -2.37. The van der Waals surface area contributed by atoms with Crippen LogP contribution in [0.5, 0.6) is 0 Å². The molecule has 9 heteroatoms. The average Bonchev–Trinajstić information content (AvgIpc) is 2.74. The van der Waals surface area contributed by atoms with Gasteiger partial charge in [-0.3, -0.25) is 9.59 Å². The van der Waals surface area contributed by atoms with Crippen molar-refractivity contribution in [3.05, 3.63) is 36.0 Å². The zero-order chi connectivity index (χ0) is 22.4. The van der Waals surface area contributed by atoms with Gasteiger partial charge in [-0.1, -0.05) is 13.8 Å². The van der Waals surface area contributed by atoms with Crippen LogP contribution in [-0.4, -0.2) is 40.9 Å². The molecule has 2 heterocycles. The van der Waals surface area contributed by atoms with Crippen molar-refractivity contribution in [2.45, 2.75) is 45.6 Å². The third kappa shape index (κ3) is 6.07. The van der Waals surface area contributed by atoms with Crippen LogP contribution in [0, 0.1) is 5.92 Å². The molecular weight excluding hydrogens is 394 g/mol. The Kier molecular flexibility index (Phi) is 7.28. The number of rotatable bonds is 9. The van der Waals surface area contributed by atoms with Gasteiger partial charge in [-0.15, -0.1) is 0 Å². The summed E-state index contributed by atoms with van der Waals surface area (Å²) in [5.41, 5.74) is 13.1. The van der Waals surface area contributed by atoms with Crippen molar-refractivity contribution < 1.29 is 9.59 Å². The maximum absolute atomic E-state index is 11.9. The number of amides is 2. The van der Waals surface area contributed by atoms with Gasteiger partial charge >= 0.3 is 0 Å². The summed E-state index contributed by atoms with van der Waals surface area (Å²) in [6, 6.07) is 7.35. The highest BCUT2D eigenvalue weighted by molar-refractivity contribution is 5.98. The maximum Gasteiger partial charge on any atom is 0.254 e. The lowest BCUT2D eigenvalue weighted by atomic mass is 10.0. The summed E-state index contributed by atoms with van der Waals surface area (Å²) in [6.45, 7) is 6.12. The van der Waals surface area contributed by atoms with Gasteiger partial charge in [0.2, 0.25) is 11.9 Å². The van der Waals surface area contributed by atoms with Crippen LogP contribution in [0.4, 0.5) is 23.1 Å². The zero-order valence-electron chi connectivity index (χ0n) is 18.1. The number of piperidine rings is 1. The van der Waals surface area contributed by atoms with Gasteiger partial charge in [-0.05, 0) is 55.9 Å². The fraction of sp³-hybridized carbons (Fsp3) is 0.455. The summed E-state index contributed by atoms with van der Waals surface area (Å²) >= 11 is 0. The van der Waals surface area contributed by atoms with Gasteiger partial charge in [-0.25, -0.2) is 4.98 Å². The first-order chi connectivity index (χ1) is 14.8. The number of nitrogens with two attached hydrogens (primary N) is 2. The van der Waals surface area contributed by atoms with Crippen molar-refractivity contribution in [2.24, 2.45) is 17.4 Å². The maximum atomic E-state index is 11.9. The van der Waals surface area contributed by atoms with Crippen molar-refractivity contribution in [3.8, 4) is 0 Å². The molecule has 0 radical (unpaired) electrons. The van der Waals surface area contributed by atoms with Crippen LogP contribution < -0.4 is 27.0 Å². The van der Waals surface area contributed by atoms with E-state index in [1.165, 1.54) is 31.1 Å². The lowest BCUT2D eigenvalue weighted by Gasteiger charge is -2.28. The Morgan fingerprint density at radius 3 is 2.35 bits per heavy atom.